The number of rotatable bonds is 79. The summed E-state index contributed by atoms with van der Waals surface area (Å²) in [6.07, 6.45) is 6.15. The normalized spacial score (nSPS) is 26.1. The molecule has 4 fully saturated rings. The molecule has 12 unspecified atom stereocenters. The Morgan fingerprint density at radius 1 is 0.394 bits per heavy atom. The molecule has 0 bridgehead atoms. The molecule has 4 aliphatic rings. The zero-order valence-corrected chi connectivity index (χ0v) is 84.8. The van der Waals surface area contributed by atoms with E-state index in [9.17, 15) is 24.4 Å². The van der Waals surface area contributed by atoms with Crippen LogP contribution in [0, 0.1) is 90.4 Å². The van der Waals surface area contributed by atoms with E-state index in [1.807, 2.05) is 26.8 Å². The maximum atomic E-state index is 15.2. The SMILES string of the molecule is [C-]#[N+]CCOP(OCCCCCCO[C@@H]1OC(COC(C)=O)[C@H](C)[C@H](C)C1C)OCCCOCC(COCCCOP(OCCCCCCO[C@@H]1OC(COC(C)=O)[C@H](C)[C@H](C)C1C)OCC[N+]#[C-])(COCCCOP(OCCCCCCO[C@@H]1OC(COC(C)=O)[C@H](C)[C@H](C)C1NC(C)=O)OCC[N+]#[C-])COP(=O)(OCCC#N)OC[C@H]1O[C@@H](C)CC1OP(OC)OCC[N+]#[C-]. The van der Waals surface area contributed by atoms with Crippen LogP contribution in [0.25, 0.3) is 19.4 Å². The van der Waals surface area contributed by atoms with Gasteiger partial charge in [0.05, 0.1) is 134 Å². The fourth-order valence-electron chi connectivity index (χ4n) is 14.2. The first kappa shape index (κ1) is 121. The zero-order valence-electron chi connectivity index (χ0n) is 80.4. The minimum absolute atomic E-state index is 0.0269. The number of amides is 1. The molecule has 4 aliphatic heterocycles. The van der Waals surface area contributed by atoms with Crippen LogP contribution in [0.2, 0.25) is 0 Å². The topological polar surface area (TPSA) is 397 Å². The second-order valence-corrected chi connectivity index (χ2v) is 39.9. The Morgan fingerprint density at radius 3 is 1.11 bits per heavy atom. The minimum Gasteiger partial charge on any atom is -0.463 e. The van der Waals surface area contributed by atoms with E-state index in [1.165, 1.54) is 34.8 Å². The Balaban J connectivity index is 1.51. The highest BCUT2D eigenvalue weighted by Gasteiger charge is 2.46. The first-order valence-corrected chi connectivity index (χ1v) is 52.3. The van der Waals surface area contributed by atoms with Gasteiger partial charge in [0.1, 0.15) is 52.4 Å². The number of unbranched alkanes of at least 4 members (excludes halogenated alkanes) is 9. The highest BCUT2D eigenvalue weighted by atomic mass is 31.2. The summed E-state index contributed by atoms with van der Waals surface area (Å²) in [5.41, 5.74) is -1.31. The van der Waals surface area contributed by atoms with Gasteiger partial charge in [-0.2, -0.15) is 5.26 Å². The van der Waals surface area contributed by atoms with Crippen LogP contribution in [-0.4, -0.2) is 284 Å². The first-order chi connectivity index (χ1) is 63.7. The molecular formula is C88H153N6O33P5. The predicted molar refractivity (Wildman–Crippen MR) is 488 cm³/mol. The van der Waals surface area contributed by atoms with Crippen molar-refractivity contribution >= 4 is 66.0 Å². The van der Waals surface area contributed by atoms with Crippen molar-refractivity contribution in [1.82, 2.24) is 5.32 Å². The van der Waals surface area contributed by atoms with Gasteiger partial charge in [0.25, 0.3) is 0 Å². The highest BCUT2D eigenvalue weighted by molar-refractivity contribution is 7.48. The molecule has 4 rings (SSSR count). The maximum Gasteiger partial charge on any atom is 0.474 e. The number of hydrogen-bond donors (Lipinski definition) is 1. The minimum atomic E-state index is -4.65. The second-order valence-electron chi connectivity index (χ2n) is 33.3. The van der Waals surface area contributed by atoms with Crippen molar-refractivity contribution < 1.29 is 153 Å². The largest absolute Gasteiger partial charge is 0.474 e. The van der Waals surface area contributed by atoms with Crippen LogP contribution >= 0.6 is 42.2 Å². The summed E-state index contributed by atoms with van der Waals surface area (Å²) in [4.78, 5) is 60.7. The third-order valence-corrected chi connectivity index (χ3v) is 28.8. The van der Waals surface area contributed by atoms with Crippen LogP contribution in [0.3, 0.4) is 0 Å². The lowest BCUT2D eigenvalue weighted by atomic mass is 9.79. The highest BCUT2D eigenvalue weighted by Crippen LogP contribution is 2.53. The van der Waals surface area contributed by atoms with Gasteiger partial charge in [0.2, 0.25) is 32.1 Å². The smallest absolute Gasteiger partial charge is 0.463 e. The molecule has 1 N–H and O–H groups in total. The molecule has 4 heterocycles. The molecule has 1 amide bonds. The fraction of sp³-hybridized carbons (Fsp3) is 0.898. The van der Waals surface area contributed by atoms with Crippen molar-refractivity contribution in [3.8, 4) is 6.07 Å². The van der Waals surface area contributed by atoms with Gasteiger partial charge in [-0.05, 0) is 100 Å². The molecule has 0 aromatic rings. The Labute approximate surface area is 789 Å². The molecule has 0 saturated carbocycles. The third-order valence-electron chi connectivity index (χ3n) is 22.7. The van der Waals surface area contributed by atoms with Gasteiger partial charge < -0.3 is 141 Å². The van der Waals surface area contributed by atoms with Crippen molar-refractivity contribution in [1.29, 1.82) is 5.26 Å². The van der Waals surface area contributed by atoms with Crippen LogP contribution in [-0.2, 0) is 153 Å². The zero-order chi connectivity index (χ0) is 96.6. The van der Waals surface area contributed by atoms with E-state index in [2.05, 4.69) is 66.2 Å². The number of nitriles is 1. The first-order valence-electron chi connectivity index (χ1n) is 46.5. The van der Waals surface area contributed by atoms with Crippen LogP contribution in [0.1, 0.15) is 199 Å². The van der Waals surface area contributed by atoms with E-state index in [4.69, 9.17) is 156 Å². The molecule has 0 radical (unpaired) electrons. The number of esters is 3. The molecule has 132 heavy (non-hydrogen) atoms. The number of nitrogens with zero attached hydrogens (tertiary/aromatic N) is 5. The number of ether oxygens (including phenoxy) is 13. The van der Waals surface area contributed by atoms with Gasteiger partial charge in [-0.25, -0.2) is 30.9 Å². The Kier molecular flexibility index (Phi) is 67.1. The molecule has 0 aliphatic carbocycles. The van der Waals surface area contributed by atoms with Crippen LogP contribution in [0.5, 0.6) is 0 Å². The summed E-state index contributed by atoms with van der Waals surface area (Å²) in [6.45, 7) is 56.2. The average molecular weight is 1980 g/mol. The number of carbonyl (C=O) groups is 4. The van der Waals surface area contributed by atoms with Crippen LogP contribution < -0.4 is 5.32 Å². The Morgan fingerprint density at radius 2 is 0.742 bits per heavy atom. The number of phosphoric ester groups is 1. The number of nitrogens with one attached hydrogen (secondary N) is 1. The van der Waals surface area contributed by atoms with E-state index in [1.54, 1.807) is 0 Å². The quantitative estimate of drug-likeness (QED) is 0.0194. The van der Waals surface area contributed by atoms with Crippen LogP contribution in [0.15, 0.2) is 0 Å². The van der Waals surface area contributed by atoms with E-state index < -0.39 is 103 Å². The van der Waals surface area contributed by atoms with Crippen molar-refractivity contribution in [3.63, 3.8) is 0 Å². The maximum absolute atomic E-state index is 15.2. The van der Waals surface area contributed by atoms with E-state index in [0.717, 1.165) is 51.4 Å². The molecule has 44 heteroatoms. The molecule has 4 saturated heterocycles. The van der Waals surface area contributed by atoms with E-state index >= 15 is 4.57 Å². The van der Waals surface area contributed by atoms with E-state index in [-0.39, 0.29) is 223 Å². The third kappa shape index (κ3) is 52.0. The molecular weight excluding hydrogens is 1820 g/mol. The monoisotopic (exact) mass is 1980 g/mol. The summed E-state index contributed by atoms with van der Waals surface area (Å²) in [7, 11) is -10.8. The average Bonchev–Trinajstić information content (AvgIpc) is 1.75. The van der Waals surface area contributed by atoms with Gasteiger partial charge in [-0.1, -0.05) is 93.9 Å². The summed E-state index contributed by atoms with van der Waals surface area (Å²) in [6, 6.07) is 1.61. The molecule has 0 aromatic carbocycles. The fourth-order valence-corrected chi connectivity index (χ4v) is 19.4. The van der Waals surface area contributed by atoms with Gasteiger partial charge in [-0.3, -0.25) is 32.7 Å². The van der Waals surface area contributed by atoms with Crippen molar-refractivity contribution in [3.05, 3.63) is 45.7 Å². The van der Waals surface area contributed by atoms with Crippen LogP contribution in [0.4, 0.5) is 0 Å². The molecule has 758 valence electrons. The van der Waals surface area contributed by atoms with Crippen molar-refractivity contribution in [2.75, 3.05) is 198 Å². The van der Waals surface area contributed by atoms with Gasteiger partial charge >= 0.3 is 60.1 Å². The Hall–Kier alpha value is -3.72. The van der Waals surface area contributed by atoms with Gasteiger partial charge in [-0.15, -0.1) is 0 Å². The molecule has 23 atom stereocenters. The lowest BCUT2D eigenvalue weighted by Crippen LogP contribution is -2.58. The number of hydrogen-bond acceptors (Lipinski definition) is 34. The van der Waals surface area contributed by atoms with Gasteiger partial charge in [0.15, 0.2) is 18.9 Å². The summed E-state index contributed by atoms with van der Waals surface area (Å²) in [5, 5.41) is 12.7. The molecule has 0 spiro atoms. The summed E-state index contributed by atoms with van der Waals surface area (Å²) in [5.74, 6) is -0.104. The standard InChI is InChI=1S/C88H153N6O33P5/c1-66-57-79(127-128(100-18)116-53-36-90-14)83(123-66)61-121-132(99,120-52-31-35-89)122-65-88(62-101-40-32-49-113-129(117-54-37-91-15)110-46-28-22-19-25-43-104-85-73(8)67(2)69(4)80(124-85)58-107-76(11)96,63-102-41-33-50-114-130(118-55-38-92-16)111-47-29-23-20-26-44-105-86-74(9)68(3)70(5)81(125-86)59-108-77(12)97)64-103-42-34-51-115-131(119-56-39-93-17)112-48-30-24-21-27-45-106-87-84(94-75(10)95)72(7)71(6)82(126-87)60-109-78(13)98/h66-74,79-87H,19-34,36-65H2,1-13,18H3,(H,94,95)/t66-,67-,68-,69+,70+,71+,72-,73?,74?,79?,80?,81?,82?,83+,84?,85+,86+,87+,88?,128?,129?,130?,131?,132?/m0/s1. The summed E-state index contributed by atoms with van der Waals surface area (Å²) < 4.78 is 185. The number of carbonyl (C=O) groups excluding carboxylic acids is 4. The van der Waals surface area contributed by atoms with Gasteiger partial charge in [0, 0.05) is 92.7 Å². The lowest BCUT2D eigenvalue weighted by Gasteiger charge is -2.44. The Bertz CT molecular complexity index is 3250. The molecule has 39 nitrogen and oxygen atoms in total. The number of phosphoric acid groups is 1. The summed E-state index contributed by atoms with van der Waals surface area (Å²) >= 11 is 0. The molecule has 0 aromatic heterocycles. The predicted octanol–water partition coefficient (Wildman–Crippen LogP) is 16.4. The lowest BCUT2D eigenvalue weighted by molar-refractivity contribution is -0.255. The second kappa shape index (κ2) is 73.4. The van der Waals surface area contributed by atoms with Crippen molar-refractivity contribution in [2.45, 2.75) is 261 Å². The van der Waals surface area contributed by atoms with Crippen molar-refractivity contribution in [2.24, 2.45) is 52.8 Å². The van der Waals surface area contributed by atoms with E-state index in [0.29, 0.717) is 103 Å².